The maximum Gasteiger partial charge on any atom is 0.232 e. The summed E-state index contributed by atoms with van der Waals surface area (Å²) in [4.78, 5) is 24.7. The second-order valence-corrected chi connectivity index (χ2v) is 31.5. The molecule has 0 spiro atoms. The van der Waals surface area contributed by atoms with Gasteiger partial charge >= 0.3 is 0 Å². The summed E-state index contributed by atoms with van der Waals surface area (Å²) < 4.78 is 0. The number of anilines is 3. The first kappa shape index (κ1) is 63.7. The summed E-state index contributed by atoms with van der Waals surface area (Å²) in [5.41, 5.74) is 0.469. The van der Waals surface area contributed by atoms with Crippen molar-refractivity contribution in [2.75, 3.05) is 48.3 Å². The van der Waals surface area contributed by atoms with Crippen molar-refractivity contribution in [3.05, 3.63) is 0 Å². The molecule has 4 fully saturated rings. The third-order valence-corrected chi connectivity index (χ3v) is 16.2. The van der Waals surface area contributed by atoms with E-state index in [2.05, 4.69) is 199 Å². The zero-order valence-electron chi connectivity index (χ0n) is 51.3. The van der Waals surface area contributed by atoms with Crippen LogP contribution < -0.4 is 41.7 Å². The molecule has 4 saturated heterocycles. The number of nitrogens with one attached hydrogen (secondary N) is 6. The zero-order valence-corrected chi connectivity index (χ0v) is 51.3. The van der Waals surface area contributed by atoms with Gasteiger partial charge in [-0.25, -0.2) is 0 Å². The Bertz CT molecular complexity index is 1790. The predicted molar refractivity (Wildman–Crippen MR) is 318 cm³/mol. The van der Waals surface area contributed by atoms with Gasteiger partial charge < -0.3 is 46.6 Å². The fraction of sp³-hybridized carbons (Fsp3) is 0.951. The highest BCUT2D eigenvalue weighted by Gasteiger charge is 2.44. The van der Waals surface area contributed by atoms with Crippen LogP contribution in [-0.4, -0.2) is 127 Å². The third-order valence-electron chi connectivity index (χ3n) is 16.2. The minimum Gasteiger partial charge on any atom is -0.349 e. The van der Waals surface area contributed by atoms with Gasteiger partial charge in [0.05, 0.1) is 0 Å². The molecule has 1 aromatic rings. The van der Waals surface area contributed by atoms with E-state index in [1.165, 1.54) is 64.2 Å². The van der Waals surface area contributed by atoms with Crippen molar-refractivity contribution >= 4 is 17.8 Å². The molecule has 426 valence electrons. The molecule has 0 saturated carbocycles. The fourth-order valence-electron chi connectivity index (χ4n) is 15.5. The van der Waals surface area contributed by atoms with Gasteiger partial charge in [-0.2, -0.15) is 15.0 Å². The first-order valence-corrected chi connectivity index (χ1v) is 29.4. The van der Waals surface area contributed by atoms with Crippen molar-refractivity contribution in [3.8, 4) is 0 Å². The Hall–Kier alpha value is -1.83. The number of nitrogens with zero attached hydrogens (tertiary/aromatic N) is 6. The monoisotopic (exact) mass is 1020 g/mol. The van der Waals surface area contributed by atoms with E-state index >= 15 is 0 Å². The molecule has 6 N–H and O–H groups in total. The van der Waals surface area contributed by atoms with Crippen LogP contribution in [0.4, 0.5) is 17.8 Å². The molecule has 12 heteroatoms. The van der Waals surface area contributed by atoms with E-state index in [1.807, 2.05) is 0 Å². The summed E-state index contributed by atoms with van der Waals surface area (Å²) in [5, 5.41) is 23.6. The fourth-order valence-corrected chi connectivity index (χ4v) is 15.5. The molecule has 0 radical (unpaired) electrons. The van der Waals surface area contributed by atoms with Gasteiger partial charge in [0.1, 0.15) is 0 Å². The summed E-state index contributed by atoms with van der Waals surface area (Å²) in [5.74, 6) is 2.40. The van der Waals surface area contributed by atoms with Gasteiger partial charge in [0, 0.05) is 87.1 Å². The van der Waals surface area contributed by atoms with Crippen LogP contribution >= 0.6 is 0 Å². The highest BCUT2D eigenvalue weighted by molar-refractivity contribution is 5.48. The minimum atomic E-state index is -0.220. The van der Waals surface area contributed by atoms with Crippen LogP contribution in [0.2, 0.25) is 0 Å². The van der Waals surface area contributed by atoms with E-state index in [1.54, 1.807) is 0 Å². The molecule has 1 aromatic heterocycles. The lowest BCUT2D eigenvalue weighted by molar-refractivity contribution is 0.0805. The molecule has 5 heterocycles. The molecule has 0 atom stereocenters. The van der Waals surface area contributed by atoms with E-state index < -0.39 is 0 Å². The molecule has 0 bridgehead atoms. The molecule has 4 aliphatic heterocycles. The lowest BCUT2D eigenvalue weighted by Gasteiger charge is -2.50. The predicted octanol–water partition coefficient (Wildman–Crippen LogP) is 12.6. The van der Waals surface area contributed by atoms with Crippen LogP contribution in [0.1, 0.15) is 262 Å². The summed E-state index contributed by atoms with van der Waals surface area (Å²) in [6, 6.07) is 1.76. The van der Waals surface area contributed by atoms with E-state index in [-0.39, 0.29) is 62.7 Å². The first-order valence-electron chi connectivity index (χ1n) is 29.4. The largest absolute Gasteiger partial charge is 0.349 e. The quantitative estimate of drug-likeness (QED) is 0.0586. The van der Waals surface area contributed by atoms with Crippen molar-refractivity contribution in [2.45, 2.75) is 336 Å². The summed E-state index contributed by atoms with van der Waals surface area (Å²) in [6.07, 6.45) is 19.4. The molecule has 0 aliphatic carbocycles. The highest BCUT2D eigenvalue weighted by Crippen LogP contribution is 2.38. The molecule has 73 heavy (non-hydrogen) atoms. The molecule has 0 aromatic carbocycles. The molecular weight excluding hydrogens is 901 g/mol. The standard InChI is InChI=1S/C60H118N12.CH4/c1-51(2,3)43-60(20,21)65-48-62-49(71(46-39-56(12,13)68-57(14,15)40-46)33-29-24-23-27-31-61-44-35-52(4,5)66-53(6,7)36-44)64-50(63-48)72(47-41-58(16,17)69-59(18,19)42-47)34-30-26-25-28-32-70(22)45-37-54(8,9)67-55(10,11)38-45;/h44-47,61,66-69H,23-43H2,1-22H3,(H,62,63,64,65);1H4. The smallest absolute Gasteiger partial charge is 0.232 e. The van der Waals surface area contributed by atoms with Gasteiger partial charge in [-0.3, -0.25) is 0 Å². The number of unbranched alkanes of at least 4 members (excludes halogenated alkanes) is 6. The molecule has 0 amide bonds. The second kappa shape index (κ2) is 24.0. The molecular formula is C61H122N12. The maximum atomic E-state index is 5.72. The summed E-state index contributed by atoms with van der Waals surface area (Å²) >= 11 is 0. The van der Waals surface area contributed by atoms with E-state index in [0.29, 0.717) is 30.1 Å². The average molecular weight is 1020 g/mol. The van der Waals surface area contributed by atoms with Crippen molar-refractivity contribution in [1.29, 1.82) is 0 Å². The minimum absolute atomic E-state index is 0. The average Bonchev–Trinajstić information content (AvgIpc) is 3.12. The van der Waals surface area contributed by atoms with Gasteiger partial charge in [0.2, 0.25) is 17.8 Å². The Morgan fingerprint density at radius 1 is 0.452 bits per heavy atom. The lowest BCUT2D eigenvalue weighted by Crippen LogP contribution is -2.63. The highest BCUT2D eigenvalue weighted by atomic mass is 15.4. The van der Waals surface area contributed by atoms with Gasteiger partial charge in [-0.05, 0) is 234 Å². The van der Waals surface area contributed by atoms with Crippen LogP contribution in [0.5, 0.6) is 0 Å². The van der Waals surface area contributed by atoms with Gasteiger partial charge in [-0.15, -0.1) is 0 Å². The second-order valence-electron chi connectivity index (χ2n) is 31.5. The molecule has 0 unspecified atom stereocenters. The van der Waals surface area contributed by atoms with Crippen LogP contribution in [0.15, 0.2) is 0 Å². The van der Waals surface area contributed by atoms with Crippen molar-refractivity contribution in [3.63, 3.8) is 0 Å². The number of hydrogen-bond acceptors (Lipinski definition) is 12. The number of rotatable bonds is 23. The van der Waals surface area contributed by atoms with Crippen molar-refractivity contribution in [2.24, 2.45) is 5.41 Å². The van der Waals surface area contributed by atoms with Crippen molar-refractivity contribution in [1.82, 2.24) is 46.4 Å². The van der Waals surface area contributed by atoms with Crippen LogP contribution in [-0.2, 0) is 0 Å². The normalized spacial score (nSPS) is 24.0. The molecule has 12 nitrogen and oxygen atoms in total. The van der Waals surface area contributed by atoms with E-state index in [4.69, 9.17) is 15.0 Å². The Balaban J connectivity index is 0.0000116. The summed E-state index contributed by atoms with van der Waals surface area (Å²) in [7, 11) is 2.36. The maximum absolute atomic E-state index is 5.72. The number of piperidine rings is 4. The van der Waals surface area contributed by atoms with Crippen molar-refractivity contribution < 1.29 is 0 Å². The van der Waals surface area contributed by atoms with Crippen LogP contribution in [0.3, 0.4) is 0 Å². The Labute approximate surface area is 452 Å². The SMILES string of the molecule is C.CN(CCCCCCN(c1nc(NC(C)(C)CC(C)(C)C)nc(N(CCCCCCNC2CC(C)(C)NC(C)(C)C2)C2CC(C)(C)NC(C)(C)C2)n1)C1CC(C)(C)NC(C)(C)C1)C1CC(C)(C)NC(C)(C)C1. The van der Waals surface area contributed by atoms with Crippen LogP contribution in [0.25, 0.3) is 0 Å². The Morgan fingerprint density at radius 2 is 0.781 bits per heavy atom. The zero-order chi connectivity index (χ0) is 54.0. The van der Waals surface area contributed by atoms with E-state index in [0.717, 1.165) is 83.0 Å². The Morgan fingerprint density at radius 3 is 1.15 bits per heavy atom. The Kier molecular flexibility index (Phi) is 21.0. The van der Waals surface area contributed by atoms with E-state index in [9.17, 15) is 0 Å². The number of aromatic nitrogens is 3. The van der Waals surface area contributed by atoms with Gasteiger partial charge in [0.15, 0.2) is 0 Å². The van der Waals surface area contributed by atoms with Gasteiger partial charge in [-0.1, -0.05) is 53.9 Å². The third kappa shape index (κ3) is 21.1. The summed E-state index contributed by atoms with van der Waals surface area (Å²) in [6.45, 7) is 53.7. The molecule has 5 rings (SSSR count). The van der Waals surface area contributed by atoms with Gasteiger partial charge in [0.25, 0.3) is 0 Å². The lowest BCUT2D eigenvalue weighted by atomic mass is 9.79. The first-order chi connectivity index (χ1) is 32.7. The molecule has 4 aliphatic rings. The topological polar surface area (TPSA) is 121 Å². The van der Waals surface area contributed by atoms with Crippen LogP contribution in [0, 0.1) is 5.41 Å². The number of hydrogen-bond donors (Lipinski definition) is 6.